The molecule has 8 heteroatoms. The van der Waals surface area contributed by atoms with E-state index in [1.165, 1.54) is 0 Å². The van der Waals surface area contributed by atoms with Crippen LogP contribution in [0.2, 0.25) is 0 Å². The van der Waals surface area contributed by atoms with Crippen molar-refractivity contribution in [1.82, 2.24) is 19.8 Å². The van der Waals surface area contributed by atoms with E-state index >= 15 is 0 Å². The zero-order valence-corrected chi connectivity index (χ0v) is 16.9. The molecule has 1 spiro atoms. The first-order valence-corrected chi connectivity index (χ1v) is 9.76. The van der Waals surface area contributed by atoms with Crippen LogP contribution in [0.15, 0.2) is 22.9 Å². The molecule has 4 rings (SSSR count). The van der Waals surface area contributed by atoms with Crippen LogP contribution in [0.3, 0.4) is 0 Å². The molecule has 8 nitrogen and oxygen atoms in total. The zero-order chi connectivity index (χ0) is 20.1. The third-order valence-corrected chi connectivity index (χ3v) is 5.75. The van der Waals surface area contributed by atoms with Gasteiger partial charge in [-0.2, -0.15) is 5.10 Å². The average molecular weight is 385 g/mol. The van der Waals surface area contributed by atoms with Gasteiger partial charge in [0.05, 0.1) is 24.7 Å². The van der Waals surface area contributed by atoms with Crippen molar-refractivity contribution in [2.24, 2.45) is 5.41 Å². The molecule has 1 fully saturated rings. The number of hydrogen-bond donors (Lipinski definition) is 0. The highest BCUT2D eigenvalue weighted by Crippen LogP contribution is 2.41. The SMILES string of the molecule is Cc1cc(CN2C(=O)CC3(CCN(C(=O)C(C)(C)C)CC3)n3nccc32)no1. The van der Waals surface area contributed by atoms with Crippen molar-refractivity contribution >= 4 is 17.6 Å². The van der Waals surface area contributed by atoms with Crippen LogP contribution in [0.25, 0.3) is 0 Å². The second kappa shape index (κ2) is 6.46. The van der Waals surface area contributed by atoms with Crippen molar-refractivity contribution in [3.63, 3.8) is 0 Å². The van der Waals surface area contributed by atoms with E-state index in [-0.39, 0.29) is 17.4 Å². The molecule has 0 bridgehead atoms. The number of likely N-dealkylation sites (tertiary alicyclic amines) is 1. The summed E-state index contributed by atoms with van der Waals surface area (Å²) in [6, 6.07) is 3.72. The fourth-order valence-corrected chi connectivity index (χ4v) is 4.26. The summed E-state index contributed by atoms with van der Waals surface area (Å²) < 4.78 is 7.12. The Morgan fingerprint density at radius 1 is 1.29 bits per heavy atom. The Labute approximate surface area is 164 Å². The standard InChI is InChI=1S/C20H27N5O3/c1-14-11-15(22-28-14)13-24-16-5-8-21-25(16)20(12-17(24)26)6-9-23(10-7-20)18(27)19(2,3)4/h5,8,11H,6-7,9-10,12-13H2,1-4H3. The molecular weight excluding hydrogens is 358 g/mol. The number of aryl methyl sites for hydroxylation is 1. The van der Waals surface area contributed by atoms with Gasteiger partial charge in [0, 0.05) is 30.6 Å². The molecular formula is C20H27N5O3. The maximum atomic E-state index is 13.1. The average Bonchev–Trinajstić information content (AvgIpc) is 3.27. The van der Waals surface area contributed by atoms with E-state index < -0.39 is 5.41 Å². The highest BCUT2D eigenvalue weighted by molar-refractivity contribution is 5.94. The normalized spacial score (nSPS) is 19.2. The Morgan fingerprint density at radius 3 is 2.61 bits per heavy atom. The molecule has 2 amide bonds. The fraction of sp³-hybridized carbons (Fsp3) is 0.600. The summed E-state index contributed by atoms with van der Waals surface area (Å²) in [6.07, 6.45) is 3.58. The Balaban J connectivity index is 1.56. The summed E-state index contributed by atoms with van der Waals surface area (Å²) >= 11 is 0. The van der Waals surface area contributed by atoms with Crippen LogP contribution in [0.4, 0.5) is 5.82 Å². The molecule has 0 N–H and O–H groups in total. The van der Waals surface area contributed by atoms with Gasteiger partial charge in [0.15, 0.2) is 0 Å². The molecule has 2 aromatic heterocycles. The van der Waals surface area contributed by atoms with Gasteiger partial charge in [-0.05, 0) is 19.8 Å². The minimum atomic E-state index is -0.393. The number of piperidine rings is 1. The van der Waals surface area contributed by atoms with Crippen LogP contribution in [-0.4, -0.2) is 44.7 Å². The van der Waals surface area contributed by atoms with Crippen molar-refractivity contribution in [3.8, 4) is 0 Å². The highest BCUT2D eigenvalue weighted by Gasteiger charge is 2.47. The van der Waals surface area contributed by atoms with Crippen LogP contribution in [0.5, 0.6) is 0 Å². The van der Waals surface area contributed by atoms with Gasteiger partial charge >= 0.3 is 0 Å². The monoisotopic (exact) mass is 385 g/mol. The molecule has 2 aromatic rings. The molecule has 28 heavy (non-hydrogen) atoms. The third kappa shape index (κ3) is 3.10. The number of hydrogen-bond acceptors (Lipinski definition) is 5. The number of carbonyl (C=O) groups is 2. The summed E-state index contributed by atoms with van der Waals surface area (Å²) in [5, 5.41) is 8.57. The largest absolute Gasteiger partial charge is 0.361 e. The highest BCUT2D eigenvalue weighted by atomic mass is 16.5. The molecule has 0 atom stereocenters. The van der Waals surface area contributed by atoms with Crippen molar-refractivity contribution in [2.75, 3.05) is 18.0 Å². The van der Waals surface area contributed by atoms with E-state index in [4.69, 9.17) is 4.52 Å². The van der Waals surface area contributed by atoms with E-state index in [1.54, 1.807) is 11.1 Å². The Morgan fingerprint density at radius 2 is 2.00 bits per heavy atom. The molecule has 2 aliphatic rings. The first-order valence-electron chi connectivity index (χ1n) is 9.76. The maximum absolute atomic E-state index is 13.1. The van der Waals surface area contributed by atoms with E-state index in [1.807, 2.05) is 49.4 Å². The smallest absolute Gasteiger partial charge is 0.230 e. The fourth-order valence-electron chi connectivity index (χ4n) is 4.26. The predicted molar refractivity (Wildman–Crippen MR) is 103 cm³/mol. The van der Waals surface area contributed by atoms with Crippen molar-refractivity contribution in [3.05, 3.63) is 29.8 Å². The Bertz CT molecular complexity index is 899. The number of rotatable bonds is 2. The van der Waals surface area contributed by atoms with Crippen LogP contribution in [-0.2, 0) is 21.7 Å². The molecule has 0 saturated carbocycles. The minimum Gasteiger partial charge on any atom is -0.361 e. The van der Waals surface area contributed by atoms with Crippen molar-refractivity contribution in [1.29, 1.82) is 0 Å². The Hall–Kier alpha value is -2.64. The van der Waals surface area contributed by atoms with E-state index in [0.717, 1.165) is 30.1 Å². The molecule has 2 aliphatic heterocycles. The van der Waals surface area contributed by atoms with Gasteiger partial charge in [0.1, 0.15) is 17.3 Å². The number of aromatic nitrogens is 3. The number of carbonyl (C=O) groups excluding carboxylic acids is 2. The predicted octanol–water partition coefficient (Wildman–Crippen LogP) is 2.48. The summed E-state index contributed by atoms with van der Waals surface area (Å²) in [5.74, 6) is 1.73. The van der Waals surface area contributed by atoms with Gasteiger partial charge in [0.2, 0.25) is 11.8 Å². The van der Waals surface area contributed by atoms with E-state index in [9.17, 15) is 9.59 Å². The lowest BCUT2D eigenvalue weighted by molar-refractivity contribution is -0.142. The number of fused-ring (bicyclic) bond motifs is 2. The second-order valence-corrected chi connectivity index (χ2v) is 8.95. The van der Waals surface area contributed by atoms with Gasteiger partial charge in [-0.15, -0.1) is 0 Å². The van der Waals surface area contributed by atoms with Crippen LogP contribution in [0.1, 0.15) is 51.5 Å². The first-order chi connectivity index (χ1) is 13.2. The van der Waals surface area contributed by atoms with Gasteiger partial charge in [0.25, 0.3) is 0 Å². The summed E-state index contributed by atoms with van der Waals surface area (Å²) in [6.45, 7) is 9.32. The zero-order valence-electron chi connectivity index (χ0n) is 16.9. The number of nitrogens with zero attached hydrogens (tertiary/aromatic N) is 5. The van der Waals surface area contributed by atoms with Crippen LogP contribution in [0, 0.1) is 12.3 Å². The van der Waals surface area contributed by atoms with Crippen LogP contribution < -0.4 is 4.90 Å². The number of anilines is 1. The third-order valence-electron chi connectivity index (χ3n) is 5.75. The second-order valence-electron chi connectivity index (χ2n) is 8.95. The summed E-state index contributed by atoms with van der Waals surface area (Å²) in [5.41, 5.74) is -0.0305. The lowest BCUT2D eigenvalue weighted by atomic mass is 9.81. The van der Waals surface area contributed by atoms with Gasteiger partial charge in [-0.3, -0.25) is 14.5 Å². The lowest BCUT2D eigenvalue weighted by Gasteiger charge is -2.47. The molecule has 4 heterocycles. The van der Waals surface area contributed by atoms with Crippen LogP contribution >= 0.6 is 0 Å². The van der Waals surface area contributed by atoms with E-state index in [0.29, 0.717) is 26.1 Å². The molecule has 150 valence electrons. The number of amides is 2. The van der Waals surface area contributed by atoms with Crippen molar-refractivity contribution in [2.45, 2.75) is 59.0 Å². The maximum Gasteiger partial charge on any atom is 0.230 e. The van der Waals surface area contributed by atoms with Crippen molar-refractivity contribution < 1.29 is 14.1 Å². The molecule has 1 saturated heterocycles. The Kier molecular flexibility index (Phi) is 4.32. The minimum absolute atomic E-state index is 0.0595. The van der Waals surface area contributed by atoms with E-state index in [2.05, 4.69) is 10.3 Å². The summed E-state index contributed by atoms with van der Waals surface area (Å²) in [4.78, 5) is 29.3. The lowest BCUT2D eigenvalue weighted by Crippen LogP contribution is -2.55. The molecule has 0 unspecified atom stereocenters. The van der Waals surface area contributed by atoms with Gasteiger partial charge in [-0.1, -0.05) is 25.9 Å². The van der Waals surface area contributed by atoms with Gasteiger partial charge < -0.3 is 9.42 Å². The molecule has 0 radical (unpaired) electrons. The molecule has 0 aliphatic carbocycles. The first kappa shape index (κ1) is 18.7. The molecule has 0 aromatic carbocycles. The summed E-state index contributed by atoms with van der Waals surface area (Å²) in [7, 11) is 0. The quantitative estimate of drug-likeness (QED) is 0.793. The topological polar surface area (TPSA) is 84.5 Å². The van der Waals surface area contributed by atoms with Gasteiger partial charge in [-0.25, -0.2) is 4.68 Å².